The molecule has 1 N–H and O–H groups in total. The van der Waals surface area contributed by atoms with Crippen molar-refractivity contribution in [2.45, 2.75) is 31.1 Å². The van der Waals surface area contributed by atoms with Crippen molar-refractivity contribution in [2.75, 3.05) is 26.2 Å². The first-order valence-corrected chi connectivity index (χ1v) is 9.68. The first-order chi connectivity index (χ1) is 11.5. The number of H-pyrrole nitrogens is 1. The Hall–Kier alpha value is -1.93. The normalized spacial score (nSPS) is 16.6. The number of unbranched alkanes of at least 4 members (excludes halogenated alkanes) is 1. The summed E-state index contributed by atoms with van der Waals surface area (Å²) in [6, 6.07) is 3.47. The van der Waals surface area contributed by atoms with E-state index in [4.69, 9.17) is 0 Å². The lowest BCUT2D eigenvalue weighted by Crippen LogP contribution is -2.50. The van der Waals surface area contributed by atoms with Crippen molar-refractivity contribution in [3.8, 4) is 0 Å². The summed E-state index contributed by atoms with van der Waals surface area (Å²) in [4.78, 5) is 21.1. The largest absolute Gasteiger partial charge is 0.345 e. The highest BCUT2D eigenvalue weighted by Gasteiger charge is 2.31. The minimum Gasteiger partial charge on any atom is -0.345 e. The fourth-order valence-corrected chi connectivity index (χ4v) is 4.52. The highest BCUT2D eigenvalue weighted by molar-refractivity contribution is 7.89. The fourth-order valence-electron chi connectivity index (χ4n) is 2.95. The Morgan fingerprint density at radius 2 is 2.04 bits per heavy atom. The Morgan fingerprint density at radius 1 is 1.29 bits per heavy atom. The van der Waals surface area contributed by atoms with Gasteiger partial charge in [-0.3, -0.25) is 4.79 Å². The van der Waals surface area contributed by atoms with Crippen molar-refractivity contribution >= 4 is 27.0 Å². The molecule has 1 saturated heterocycles. The van der Waals surface area contributed by atoms with E-state index >= 15 is 0 Å². The molecule has 2 aromatic rings. The van der Waals surface area contributed by atoms with Crippen LogP contribution in [0.5, 0.6) is 0 Å². The zero-order valence-corrected chi connectivity index (χ0v) is 14.6. The number of aromatic nitrogens is 2. The quantitative estimate of drug-likeness (QED) is 0.887. The lowest BCUT2D eigenvalue weighted by Gasteiger charge is -2.34. The fraction of sp³-hybridized carbons (Fsp3) is 0.500. The van der Waals surface area contributed by atoms with E-state index in [-0.39, 0.29) is 10.8 Å². The summed E-state index contributed by atoms with van der Waals surface area (Å²) in [7, 11) is -3.59. The summed E-state index contributed by atoms with van der Waals surface area (Å²) in [5.41, 5.74) is 0.560. The van der Waals surface area contributed by atoms with Crippen molar-refractivity contribution in [2.24, 2.45) is 0 Å². The van der Waals surface area contributed by atoms with Gasteiger partial charge < -0.3 is 9.88 Å². The van der Waals surface area contributed by atoms with Crippen molar-refractivity contribution in [3.05, 3.63) is 24.5 Å². The first kappa shape index (κ1) is 16.9. The van der Waals surface area contributed by atoms with Crippen LogP contribution in [-0.2, 0) is 14.8 Å². The number of carbonyl (C=O) groups excluding carboxylic acids is 1. The molecule has 1 aliphatic rings. The molecule has 0 aliphatic carbocycles. The summed E-state index contributed by atoms with van der Waals surface area (Å²) in [5.74, 6) is 0.116. The SMILES string of the molecule is CCCCC(=O)N1CCN(S(=O)(=O)c2c[nH]c3ncccc23)CC1. The van der Waals surface area contributed by atoms with Gasteiger partial charge >= 0.3 is 0 Å². The van der Waals surface area contributed by atoms with Gasteiger partial charge in [-0.15, -0.1) is 0 Å². The van der Waals surface area contributed by atoms with Crippen LogP contribution in [0.3, 0.4) is 0 Å². The van der Waals surface area contributed by atoms with Crippen LogP contribution in [0.4, 0.5) is 0 Å². The molecule has 2 aromatic heterocycles. The number of fused-ring (bicyclic) bond motifs is 1. The predicted molar refractivity (Wildman–Crippen MR) is 91.0 cm³/mol. The first-order valence-electron chi connectivity index (χ1n) is 8.24. The van der Waals surface area contributed by atoms with E-state index < -0.39 is 10.0 Å². The molecule has 24 heavy (non-hydrogen) atoms. The lowest BCUT2D eigenvalue weighted by molar-refractivity contribution is -0.132. The molecule has 0 saturated carbocycles. The molecule has 0 unspecified atom stereocenters. The molecule has 3 rings (SSSR count). The van der Waals surface area contributed by atoms with Crippen LogP contribution in [0.25, 0.3) is 11.0 Å². The number of rotatable bonds is 5. The van der Waals surface area contributed by atoms with Crippen LogP contribution >= 0.6 is 0 Å². The molecular weight excluding hydrogens is 328 g/mol. The number of nitrogens with one attached hydrogen (secondary N) is 1. The molecule has 1 fully saturated rings. The van der Waals surface area contributed by atoms with Crippen LogP contribution in [0, 0.1) is 0 Å². The number of piperazine rings is 1. The zero-order valence-electron chi connectivity index (χ0n) is 13.7. The van der Waals surface area contributed by atoms with Gasteiger partial charge in [0.1, 0.15) is 10.5 Å². The second kappa shape index (κ2) is 6.90. The summed E-state index contributed by atoms with van der Waals surface area (Å²) >= 11 is 0. The maximum absolute atomic E-state index is 12.9. The molecule has 8 heteroatoms. The Balaban J connectivity index is 1.72. The van der Waals surface area contributed by atoms with E-state index in [0.29, 0.717) is 43.6 Å². The maximum Gasteiger partial charge on any atom is 0.245 e. The molecule has 7 nitrogen and oxygen atoms in total. The van der Waals surface area contributed by atoms with Crippen molar-refractivity contribution in [1.82, 2.24) is 19.2 Å². The van der Waals surface area contributed by atoms with Gasteiger partial charge in [-0.05, 0) is 18.6 Å². The topological polar surface area (TPSA) is 86.4 Å². The number of hydrogen-bond acceptors (Lipinski definition) is 4. The van der Waals surface area contributed by atoms with Gasteiger partial charge in [-0.25, -0.2) is 13.4 Å². The van der Waals surface area contributed by atoms with Crippen LogP contribution in [0.15, 0.2) is 29.4 Å². The second-order valence-electron chi connectivity index (χ2n) is 5.94. The maximum atomic E-state index is 12.9. The summed E-state index contributed by atoms with van der Waals surface area (Å²) in [6.45, 7) is 3.60. The number of sulfonamides is 1. The minimum atomic E-state index is -3.59. The van der Waals surface area contributed by atoms with Gasteiger partial charge in [-0.2, -0.15) is 4.31 Å². The molecule has 130 valence electrons. The van der Waals surface area contributed by atoms with E-state index in [1.54, 1.807) is 23.2 Å². The highest BCUT2D eigenvalue weighted by atomic mass is 32.2. The van der Waals surface area contributed by atoms with Crippen molar-refractivity contribution in [1.29, 1.82) is 0 Å². The second-order valence-corrected chi connectivity index (χ2v) is 7.85. The average Bonchev–Trinajstić information content (AvgIpc) is 3.04. The number of hydrogen-bond donors (Lipinski definition) is 1. The Bertz CT molecular complexity index is 823. The van der Waals surface area contributed by atoms with Gasteiger partial charge in [0.05, 0.1) is 0 Å². The Morgan fingerprint density at radius 3 is 2.75 bits per heavy atom. The molecule has 1 aliphatic heterocycles. The number of nitrogens with zero attached hydrogens (tertiary/aromatic N) is 3. The molecule has 1 amide bonds. The Kier molecular flexibility index (Phi) is 4.86. The number of pyridine rings is 1. The lowest BCUT2D eigenvalue weighted by atomic mass is 10.2. The molecule has 0 radical (unpaired) electrons. The zero-order chi connectivity index (χ0) is 17.2. The number of amides is 1. The van der Waals surface area contributed by atoms with Gasteiger partial charge in [-0.1, -0.05) is 13.3 Å². The van der Waals surface area contributed by atoms with E-state index in [2.05, 4.69) is 9.97 Å². The highest BCUT2D eigenvalue weighted by Crippen LogP contribution is 2.25. The van der Waals surface area contributed by atoms with Crippen LogP contribution in [-0.4, -0.2) is 59.7 Å². The van der Waals surface area contributed by atoms with Crippen molar-refractivity contribution < 1.29 is 13.2 Å². The predicted octanol–water partition coefficient (Wildman–Crippen LogP) is 1.59. The van der Waals surface area contributed by atoms with Gasteiger partial charge in [0.15, 0.2) is 0 Å². The minimum absolute atomic E-state index is 0.116. The van der Waals surface area contributed by atoms with E-state index in [1.807, 2.05) is 6.92 Å². The van der Waals surface area contributed by atoms with Crippen molar-refractivity contribution in [3.63, 3.8) is 0 Å². The Labute approximate surface area is 141 Å². The summed E-state index contributed by atoms with van der Waals surface area (Å²) in [6.07, 6.45) is 5.51. The van der Waals surface area contributed by atoms with Gasteiger partial charge in [0.25, 0.3) is 0 Å². The molecule has 0 spiro atoms. The van der Waals surface area contributed by atoms with Crippen LogP contribution < -0.4 is 0 Å². The van der Waals surface area contributed by atoms with E-state index in [0.717, 1.165) is 12.8 Å². The summed E-state index contributed by atoms with van der Waals surface area (Å²) in [5, 5.41) is 0.596. The van der Waals surface area contributed by atoms with Crippen LogP contribution in [0.2, 0.25) is 0 Å². The monoisotopic (exact) mass is 350 g/mol. The van der Waals surface area contributed by atoms with Crippen LogP contribution in [0.1, 0.15) is 26.2 Å². The van der Waals surface area contributed by atoms with E-state index in [1.165, 1.54) is 10.5 Å². The third-order valence-corrected chi connectivity index (χ3v) is 6.31. The standard InChI is InChI=1S/C16H22N4O3S/c1-2-3-6-15(21)19-8-10-20(11-9-19)24(22,23)14-12-18-16-13(14)5-4-7-17-16/h4-5,7,12H,2-3,6,8-11H2,1H3,(H,17,18). The smallest absolute Gasteiger partial charge is 0.245 e. The molecule has 3 heterocycles. The van der Waals surface area contributed by atoms with Gasteiger partial charge in [0.2, 0.25) is 15.9 Å². The van der Waals surface area contributed by atoms with E-state index in [9.17, 15) is 13.2 Å². The molecular formula is C16H22N4O3S. The number of carbonyl (C=O) groups is 1. The average molecular weight is 350 g/mol. The molecule has 0 atom stereocenters. The van der Waals surface area contributed by atoms with Gasteiger partial charge in [0, 0.05) is 50.4 Å². The molecule has 0 aromatic carbocycles. The number of aromatic amines is 1. The third kappa shape index (κ3) is 3.16. The summed E-state index contributed by atoms with van der Waals surface area (Å²) < 4.78 is 27.2. The third-order valence-electron chi connectivity index (χ3n) is 4.37. The molecule has 0 bridgehead atoms.